The molecule has 0 aliphatic carbocycles. The third-order valence-corrected chi connectivity index (χ3v) is 2.69. The molecule has 17 heavy (non-hydrogen) atoms. The number of anilines is 1. The van der Waals surface area contributed by atoms with E-state index in [0.717, 1.165) is 16.5 Å². The molecule has 0 atom stereocenters. The van der Waals surface area contributed by atoms with Gasteiger partial charge in [-0.15, -0.1) is 11.6 Å². The number of carbonyl (C=O) groups is 1. The summed E-state index contributed by atoms with van der Waals surface area (Å²) in [5.41, 5.74) is 0.686. The Balaban J connectivity index is 2.48. The van der Waals surface area contributed by atoms with Crippen LogP contribution in [-0.2, 0) is 4.79 Å². The Morgan fingerprint density at radius 3 is 2.82 bits per heavy atom. The Hall–Kier alpha value is -1.74. The summed E-state index contributed by atoms with van der Waals surface area (Å²) in [6.07, 6.45) is 0. The van der Waals surface area contributed by atoms with E-state index in [0.29, 0.717) is 5.69 Å². The van der Waals surface area contributed by atoms with Crippen LogP contribution in [0.2, 0.25) is 0 Å². The van der Waals surface area contributed by atoms with Gasteiger partial charge in [0.15, 0.2) is 0 Å². The second-order valence-electron chi connectivity index (χ2n) is 3.58. The van der Waals surface area contributed by atoms with E-state index in [1.807, 2.05) is 30.3 Å². The van der Waals surface area contributed by atoms with Gasteiger partial charge in [-0.25, -0.2) is 0 Å². The Morgan fingerprint density at radius 2 is 2.12 bits per heavy atom. The van der Waals surface area contributed by atoms with Gasteiger partial charge in [0.1, 0.15) is 11.6 Å². The average Bonchev–Trinajstić information content (AvgIpc) is 2.37. The number of carbonyl (C=O) groups excluding carboxylic acids is 1. The molecule has 1 amide bonds. The number of nitrogens with one attached hydrogen (secondary N) is 1. The highest BCUT2D eigenvalue weighted by atomic mass is 35.5. The zero-order chi connectivity index (χ0) is 12.3. The molecule has 0 saturated heterocycles. The van der Waals surface area contributed by atoms with Gasteiger partial charge in [0.25, 0.3) is 0 Å². The van der Waals surface area contributed by atoms with Crippen LogP contribution in [-0.4, -0.2) is 18.9 Å². The SMILES string of the molecule is COc1cc(NC(=O)CCl)cc2ccccc12. The van der Waals surface area contributed by atoms with Crippen LogP contribution in [0.5, 0.6) is 5.75 Å². The van der Waals surface area contributed by atoms with Crippen molar-refractivity contribution in [2.75, 3.05) is 18.3 Å². The van der Waals surface area contributed by atoms with Crippen LogP contribution >= 0.6 is 11.6 Å². The Kier molecular flexibility index (Phi) is 3.49. The Bertz CT molecular complexity index is 554. The van der Waals surface area contributed by atoms with Gasteiger partial charge in [0.05, 0.1) is 7.11 Å². The van der Waals surface area contributed by atoms with Crippen molar-refractivity contribution in [3.05, 3.63) is 36.4 Å². The summed E-state index contributed by atoms with van der Waals surface area (Å²) < 4.78 is 5.30. The molecule has 0 aliphatic heterocycles. The molecule has 2 rings (SSSR count). The summed E-state index contributed by atoms with van der Waals surface area (Å²) in [4.78, 5) is 11.2. The van der Waals surface area contributed by atoms with Crippen molar-refractivity contribution < 1.29 is 9.53 Å². The lowest BCUT2D eigenvalue weighted by molar-refractivity contribution is -0.113. The molecule has 0 aliphatic rings. The molecule has 4 heteroatoms. The first-order valence-corrected chi connectivity index (χ1v) is 5.70. The smallest absolute Gasteiger partial charge is 0.239 e. The molecule has 1 N–H and O–H groups in total. The molecular weight excluding hydrogens is 238 g/mol. The lowest BCUT2D eigenvalue weighted by Crippen LogP contribution is -2.12. The van der Waals surface area contributed by atoms with Gasteiger partial charge in [-0.05, 0) is 11.5 Å². The summed E-state index contributed by atoms with van der Waals surface area (Å²) in [6.45, 7) is 0. The number of halogens is 1. The number of methoxy groups -OCH3 is 1. The van der Waals surface area contributed by atoms with Gasteiger partial charge >= 0.3 is 0 Å². The lowest BCUT2D eigenvalue weighted by Gasteiger charge is -2.09. The maximum Gasteiger partial charge on any atom is 0.239 e. The van der Waals surface area contributed by atoms with Crippen molar-refractivity contribution in [1.82, 2.24) is 0 Å². The maximum absolute atomic E-state index is 11.2. The second-order valence-corrected chi connectivity index (χ2v) is 3.85. The summed E-state index contributed by atoms with van der Waals surface area (Å²) in [7, 11) is 1.61. The van der Waals surface area contributed by atoms with Gasteiger partial charge in [0.2, 0.25) is 5.91 Å². The van der Waals surface area contributed by atoms with Gasteiger partial charge in [-0.1, -0.05) is 24.3 Å². The largest absolute Gasteiger partial charge is 0.496 e. The number of hydrogen-bond donors (Lipinski definition) is 1. The van der Waals surface area contributed by atoms with Crippen LogP contribution in [0.3, 0.4) is 0 Å². The van der Waals surface area contributed by atoms with Gasteiger partial charge < -0.3 is 10.1 Å². The van der Waals surface area contributed by atoms with E-state index in [1.54, 1.807) is 13.2 Å². The highest BCUT2D eigenvalue weighted by Crippen LogP contribution is 2.29. The third-order valence-electron chi connectivity index (χ3n) is 2.45. The van der Waals surface area contributed by atoms with E-state index in [-0.39, 0.29) is 11.8 Å². The van der Waals surface area contributed by atoms with E-state index in [9.17, 15) is 4.79 Å². The molecule has 2 aromatic rings. The van der Waals surface area contributed by atoms with Crippen molar-refractivity contribution in [2.45, 2.75) is 0 Å². The zero-order valence-corrected chi connectivity index (χ0v) is 10.1. The topological polar surface area (TPSA) is 38.3 Å². The van der Waals surface area contributed by atoms with Crippen LogP contribution < -0.4 is 10.1 Å². The molecule has 0 fully saturated rings. The van der Waals surface area contributed by atoms with Gasteiger partial charge in [0, 0.05) is 17.1 Å². The number of ether oxygens (including phenoxy) is 1. The normalized spacial score (nSPS) is 10.2. The standard InChI is InChI=1S/C13H12ClNO2/c1-17-12-7-10(15-13(16)8-14)6-9-4-2-3-5-11(9)12/h2-7H,8H2,1H3,(H,15,16). The number of benzene rings is 2. The number of rotatable bonds is 3. The summed E-state index contributed by atoms with van der Waals surface area (Å²) in [5.74, 6) is 0.437. The monoisotopic (exact) mass is 249 g/mol. The first-order valence-electron chi connectivity index (χ1n) is 5.17. The zero-order valence-electron chi connectivity index (χ0n) is 9.37. The van der Waals surface area contributed by atoms with Crippen LogP contribution in [0.25, 0.3) is 10.8 Å². The van der Waals surface area contributed by atoms with Crippen molar-refractivity contribution in [3.8, 4) is 5.75 Å². The first kappa shape index (κ1) is 11.7. The molecule has 0 unspecified atom stereocenters. The first-order chi connectivity index (χ1) is 8.24. The molecular formula is C13H12ClNO2. The molecule has 88 valence electrons. The molecule has 0 bridgehead atoms. The molecule has 0 heterocycles. The number of hydrogen-bond acceptors (Lipinski definition) is 2. The average molecular weight is 250 g/mol. The fraction of sp³-hybridized carbons (Fsp3) is 0.154. The number of amides is 1. The molecule has 0 radical (unpaired) electrons. The molecule has 3 nitrogen and oxygen atoms in total. The van der Waals surface area contributed by atoms with Crippen LogP contribution in [0.4, 0.5) is 5.69 Å². The fourth-order valence-corrected chi connectivity index (χ4v) is 1.78. The lowest BCUT2D eigenvalue weighted by atomic mass is 10.1. The fourth-order valence-electron chi connectivity index (χ4n) is 1.71. The van der Waals surface area contributed by atoms with Crippen LogP contribution in [0.15, 0.2) is 36.4 Å². The minimum absolute atomic E-state index is 0.0604. The Labute approximate surface area is 104 Å². The van der Waals surface area contributed by atoms with Crippen LogP contribution in [0.1, 0.15) is 0 Å². The molecule has 0 spiro atoms. The third kappa shape index (κ3) is 2.50. The molecule has 2 aromatic carbocycles. The Morgan fingerprint density at radius 1 is 1.35 bits per heavy atom. The highest BCUT2D eigenvalue weighted by molar-refractivity contribution is 6.29. The van der Waals surface area contributed by atoms with E-state index < -0.39 is 0 Å². The van der Waals surface area contributed by atoms with Crippen LogP contribution in [0, 0.1) is 0 Å². The highest BCUT2D eigenvalue weighted by Gasteiger charge is 2.06. The van der Waals surface area contributed by atoms with Gasteiger partial charge in [-0.2, -0.15) is 0 Å². The van der Waals surface area contributed by atoms with E-state index in [2.05, 4.69) is 5.32 Å². The van der Waals surface area contributed by atoms with E-state index in [1.165, 1.54) is 0 Å². The van der Waals surface area contributed by atoms with Gasteiger partial charge in [-0.3, -0.25) is 4.79 Å². The van der Waals surface area contributed by atoms with E-state index in [4.69, 9.17) is 16.3 Å². The molecule has 0 saturated carbocycles. The quantitative estimate of drug-likeness (QED) is 0.850. The summed E-state index contributed by atoms with van der Waals surface area (Å²) in [5, 5.41) is 4.73. The van der Waals surface area contributed by atoms with Crippen molar-refractivity contribution in [3.63, 3.8) is 0 Å². The minimum Gasteiger partial charge on any atom is -0.496 e. The van der Waals surface area contributed by atoms with Crippen molar-refractivity contribution in [1.29, 1.82) is 0 Å². The summed E-state index contributed by atoms with van der Waals surface area (Å²) in [6, 6.07) is 11.5. The predicted molar refractivity (Wildman–Crippen MR) is 69.8 cm³/mol. The minimum atomic E-state index is -0.232. The number of alkyl halides is 1. The van der Waals surface area contributed by atoms with E-state index >= 15 is 0 Å². The number of fused-ring (bicyclic) bond motifs is 1. The second kappa shape index (κ2) is 5.06. The van der Waals surface area contributed by atoms with Crippen molar-refractivity contribution >= 4 is 34.0 Å². The molecule has 0 aromatic heterocycles. The predicted octanol–water partition coefficient (Wildman–Crippen LogP) is 3.03. The van der Waals surface area contributed by atoms with Crippen molar-refractivity contribution in [2.24, 2.45) is 0 Å². The maximum atomic E-state index is 11.2. The summed E-state index contributed by atoms with van der Waals surface area (Å²) >= 11 is 5.45.